The Morgan fingerprint density at radius 1 is 1.04 bits per heavy atom. The van der Waals surface area contributed by atoms with E-state index < -0.39 is 28.7 Å². The zero-order valence-electron chi connectivity index (χ0n) is 14.4. The minimum Gasteiger partial charge on any atom is -0.502 e. The zero-order chi connectivity index (χ0) is 19.1. The highest BCUT2D eigenvalue weighted by atomic mass is 19.2. The number of pyridine rings is 1. The van der Waals surface area contributed by atoms with E-state index in [1.165, 1.54) is 27.9 Å². The lowest BCUT2D eigenvalue weighted by Crippen LogP contribution is -2.53. The lowest BCUT2D eigenvalue weighted by molar-refractivity contribution is 0.0706. The van der Waals surface area contributed by atoms with E-state index in [2.05, 4.69) is 0 Å². The number of amides is 1. The highest BCUT2D eigenvalue weighted by molar-refractivity contribution is 5.96. The van der Waals surface area contributed by atoms with Crippen LogP contribution in [-0.4, -0.2) is 33.8 Å². The Labute approximate surface area is 153 Å². The molecule has 2 bridgehead atoms. The molecular weight excluding hydrogens is 356 g/mol. The minimum atomic E-state index is -0.938. The maximum Gasteiger partial charge on any atom is 0.278 e. The van der Waals surface area contributed by atoms with Crippen LogP contribution in [0.3, 0.4) is 0 Å². The van der Waals surface area contributed by atoms with Gasteiger partial charge in [0.15, 0.2) is 23.1 Å². The van der Waals surface area contributed by atoms with Crippen molar-refractivity contribution >= 4 is 5.91 Å². The first-order valence-corrected chi connectivity index (χ1v) is 8.56. The van der Waals surface area contributed by atoms with E-state index in [1.54, 1.807) is 5.01 Å². The number of fused-ring (bicyclic) bond motifs is 5. The number of aromatic nitrogens is 1. The SMILES string of the molecule is O=C1c2c(O)c(=O)ccn2N2Cc3cc(F)c(F)cc3CC/C=C/CN1C2. The zero-order valence-corrected chi connectivity index (χ0v) is 14.4. The van der Waals surface area contributed by atoms with Crippen molar-refractivity contribution in [1.82, 2.24) is 9.58 Å². The molecule has 6 nitrogen and oxygen atoms in total. The Kier molecular flexibility index (Phi) is 4.18. The Morgan fingerprint density at radius 2 is 1.78 bits per heavy atom. The molecule has 140 valence electrons. The molecule has 1 amide bonds. The monoisotopic (exact) mass is 373 g/mol. The van der Waals surface area contributed by atoms with Crippen molar-refractivity contribution in [2.45, 2.75) is 19.4 Å². The number of carbonyl (C=O) groups excluding carboxylic acids is 1. The highest BCUT2D eigenvalue weighted by Crippen LogP contribution is 2.24. The molecule has 0 spiro atoms. The first-order chi connectivity index (χ1) is 13.0. The maximum atomic E-state index is 13.8. The van der Waals surface area contributed by atoms with Crippen molar-refractivity contribution in [3.05, 3.63) is 75.2 Å². The van der Waals surface area contributed by atoms with Gasteiger partial charge in [-0.15, -0.1) is 0 Å². The van der Waals surface area contributed by atoms with Gasteiger partial charge in [0.1, 0.15) is 6.67 Å². The molecule has 0 fully saturated rings. The molecule has 0 unspecified atom stereocenters. The summed E-state index contributed by atoms with van der Waals surface area (Å²) in [6.07, 6.45) is 6.25. The molecule has 0 atom stereocenters. The molecule has 1 N–H and O–H groups in total. The summed E-state index contributed by atoms with van der Waals surface area (Å²) < 4.78 is 29.0. The minimum absolute atomic E-state index is 0.134. The van der Waals surface area contributed by atoms with Crippen LogP contribution in [0.2, 0.25) is 0 Å². The van der Waals surface area contributed by atoms with E-state index in [0.717, 1.165) is 6.07 Å². The number of aromatic hydroxyl groups is 1. The van der Waals surface area contributed by atoms with Crippen molar-refractivity contribution in [1.29, 1.82) is 0 Å². The summed E-state index contributed by atoms with van der Waals surface area (Å²) >= 11 is 0. The largest absolute Gasteiger partial charge is 0.502 e. The number of carbonyl (C=O) groups is 1. The fourth-order valence-electron chi connectivity index (χ4n) is 3.46. The first-order valence-electron chi connectivity index (χ1n) is 8.56. The Balaban J connectivity index is 1.87. The van der Waals surface area contributed by atoms with Gasteiger partial charge in [-0.2, -0.15) is 0 Å². The Morgan fingerprint density at radius 3 is 2.56 bits per heavy atom. The maximum absolute atomic E-state index is 13.8. The molecule has 2 aliphatic heterocycles. The molecule has 3 heterocycles. The standard InChI is InChI=1S/C19H17F2N3O3/c20-14-8-12-4-2-1-3-6-22-11-23(10-13(12)9-15(14)21)24-7-5-16(25)18(26)17(24)19(22)27/h1,3,5,7-9,26H,2,4,6,10-11H2/b3-1+. The van der Waals surface area contributed by atoms with E-state index in [4.69, 9.17) is 0 Å². The number of aryl methyl sites for hydroxylation is 1. The second-order valence-electron chi connectivity index (χ2n) is 6.60. The molecule has 1 aromatic carbocycles. The van der Waals surface area contributed by atoms with Gasteiger partial charge in [-0.05, 0) is 36.1 Å². The van der Waals surface area contributed by atoms with E-state index in [0.29, 0.717) is 30.5 Å². The molecule has 0 saturated heterocycles. The van der Waals surface area contributed by atoms with Crippen LogP contribution < -0.4 is 10.4 Å². The summed E-state index contributed by atoms with van der Waals surface area (Å²) in [5, 5.41) is 11.9. The lowest BCUT2D eigenvalue weighted by atomic mass is 10.0. The smallest absolute Gasteiger partial charge is 0.278 e. The number of allylic oxidation sites excluding steroid dienone is 1. The van der Waals surface area contributed by atoms with Crippen LogP contribution in [0.5, 0.6) is 5.75 Å². The molecule has 0 saturated carbocycles. The predicted molar refractivity (Wildman–Crippen MR) is 94.0 cm³/mol. The van der Waals surface area contributed by atoms with Gasteiger partial charge >= 0.3 is 0 Å². The predicted octanol–water partition coefficient (Wildman–Crippen LogP) is 1.89. The Hall–Kier alpha value is -3.16. The lowest BCUT2D eigenvalue weighted by Gasteiger charge is -2.39. The first kappa shape index (κ1) is 17.3. The van der Waals surface area contributed by atoms with Gasteiger partial charge in [0.05, 0.1) is 6.54 Å². The summed E-state index contributed by atoms with van der Waals surface area (Å²) in [6, 6.07) is 3.53. The molecular formula is C19H17F2N3O3. The van der Waals surface area contributed by atoms with E-state index in [9.17, 15) is 23.5 Å². The second-order valence-corrected chi connectivity index (χ2v) is 6.60. The molecule has 27 heavy (non-hydrogen) atoms. The summed E-state index contributed by atoms with van der Waals surface area (Å²) in [6.45, 7) is 0.666. The van der Waals surface area contributed by atoms with E-state index >= 15 is 0 Å². The molecule has 0 aliphatic carbocycles. The molecule has 4 rings (SSSR count). The van der Waals surface area contributed by atoms with Crippen LogP contribution in [-0.2, 0) is 13.0 Å². The molecule has 2 aromatic rings. The van der Waals surface area contributed by atoms with Gasteiger partial charge in [0, 0.05) is 18.8 Å². The summed E-state index contributed by atoms with van der Waals surface area (Å²) in [5.74, 6) is -2.92. The van der Waals surface area contributed by atoms with Crippen LogP contribution in [0.25, 0.3) is 0 Å². The van der Waals surface area contributed by atoms with Gasteiger partial charge in [-0.25, -0.2) is 8.78 Å². The molecule has 2 aliphatic rings. The Bertz CT molecular complexity index is 1020. The highest BCUT2D eigenvalue weighted by Gasteiger charge is 2.32. The van der Waals surface area contributed by atoms with Gasteiger partial charge in [-0.1, -0.05) is 12.2 Å². The topological polar surface area (TPSA) is 65.8 Å². The summed E-state index contributed by atoms with van der Waals surface area (Å²) in [5.41, 5.74) is 0.480. The van der Waals surface area contributed by atoms with E-state index in [1.807, 2.05) is 12.2 Å². The number of benzene rings is 1. The van der Waals surface area contributed by atoms with Crippen LogP contribution in [0, 0.1) is 11.6 Å². The van der Waals surface area contributed by atoms with Crippen LogP contribution in [0.4, 0.5) is 8.78 Å². The molecule has 1 aromatic heterocycles. The van der Waals surface area contributed by atoms with Crippen LogP contribution >= 0.6 is 0 Å². The third-order valence-corrected chi connectivity index (χ3v) is 4.85. The average Bonchev–Trinajstić information content (AvgIpc) is 2.67. The number of hydrogen-bond donors (Lipinski definition) is 1. The van der Waals surface area contributed by atoms with Gasteiger partial charge < -0.3 is 10.0 Å². The molecule has 0 radical (unpaired) electrons. The fraction of sp³-hybridized carbons (Fsp3) is 0.263. The number of rotatable bonds is 0. The third-order valence-electron chi connectivity index (χ3n) is 4.85. The van der Waals surface area contributed by atoms with Gasteiger partial charge in [0.25, 0.3) is 5.91 Å². The summed E-state index contributed by atoms with van der Waals surface area (Å²) in [4.78, 5) is 26.0. The van der Waals surface area contributed by atoms with Crippen molar-refractivity contribution in [2.24, 2.45) is 0 Å². The van der Waals surface area contributed by atoms with Crippen LogP contribution in [0.15, 0.2) is 41.3 Å². The second kappa shape index (κ2) is 6.53. The van der Waals surface area contributed by atoms with Crippen molar-refractivity contribution in [3.63, 3.8) is 0 Å². The van der Waals surface area contributed by atoms with E-state index in [-0.39, 0.29) is 18.9 Å². The normalized spacial score (nSPS) is 17.8. The number of hydrogen-bond acceptors (Lipinski definition) is 4. The van der Waals surface area contributed by atoms with Crippen molar-refractivity contribution in [2.75, 3.05) is 18.2 Å². The van der Waals surface area contributed by atoms with Crippen molar-refractivity contribution in [3.8, 4) is 5.75 Å². The average molecular weight is 373 g/mol. The molecule has 8 heteroatoms. The number of halogens is 2. The fourth-order valence-corrected chi connectivity index (χ4v) is 3.46. The van der Waals surface area contributed by atoms with Gasteiger partial charge in [-0.3, -0.25) is 19.3 Å². The van der Waals surface area contributed by atoms with Crippen LogP contribution in [0.1, 0.15) is 28.0 Å². The quantitative estimate of drug-likeness (QED) is 0.717. The summed E-state index contributed by atoms with van der Waals surface area (Å²) in [7, 11) is 0. The number of nitrogens with zero attached hydrogens (tertiary/aromatic N) is 3. The van der Waals surface area contributed by atoms with Crippen molar-refractivity contribution < 1.29 is 18.7 Å². The van der Waals surface area contributed by atoms with Gasteiger partial charge in [0.2, 0.25) is 5.43 Å². The third kappa shape index (κ3) is 2.97.